The second kappa shape index (κ2) is 9.70. The third kappa shape index (κ3) is 5.03. The fraction of sp³-hybridized carbons (Fsp3) is 0.444. The quantitative estimate of drug-likeness (QED) is 0.537. The molecule has 2 aromatic rings. The Labute approximate surface area is 204 Å². The average molecular weight is 479 g/mol. The molecule has 3 aliphatic rings. The van der Waals surface area contributed by atoms with Crippen LogP contribution in [0, 0.1) is 11.8 Å². The van der Waals surface area contributed by atoms with E-state index in [1.54, 1.807) is 0 Å². The second-order valence-electron chi connectivity index (χ2n) is 9.76. The molecular weight excluding hydrogens is 448 g/mol. The summed E-state index contributed by atoms with van der Waals surface area (Å²) >= 11 is 0. The monoisotopic (exact) mass is 478 g/mol. The molecule has 2 amide bonds. The van der Waals surface area contributed by atoms with Crippen LogP contribution in [0.1, 0.15) is 42.7 Å². The molecule has 5 rings (SSSR count). The zero-order chi connectivity index (χ0) is 24.4. The third-order valence-corrected chi connectivity index (χ3v) is 7.46. The van der Waals surface area contributed by atoms with Gasteiger partial charge >= 0.3 is 12.1 Å². The van der Waals surface area contributed by atoms with Gasteiger partial charge in [-0.05, 0) is 47.4 Å². The normalized spacial score (nSPS) is 21.9. The maximum Gasteiger partial charge on any atom is 0.407 e. The number of aliphatic carboxylic acids is 1. The topological polar surface area (TPSA) is 114 Å². The molecule has 0 radical (unpaired) electrons. The van der Waals surface area contributed by atoms with E-state index in [4.69, 9.17) is 14.6 Å². The van der Waals surface area contributed by atoms with Gasteiger partial charge < -0.3 is 25.2 Å². The molecule has 2 fully saturated rings. The molecule has 1 heterocycles. The summed E-state index contributed by atoms with van der Waals surface area (Å²) < 4.78 is 11.2. The number of carbonyl (C=O) groups excluding carboxylic acids is 2. The lowest BCUT2D eigenvalue weighted by atomic mass is 9.86. The highest BCUT2D eigenvalue weighted by atomic mass is 16.5. The first kappa shape index (κ1) is 23.4. The Kier molecular flexibility index (Phi) is 6.47. The summed E-state index contributed by atoms with van der Waals surface area (Å²) in [6.45, 7) is 1.44. The van der Waals surface area contributed by atoms with Gasteiger partial charge in [0.25, 0.3) is 0 Å². The van der Waals surface area contributed by atoms with Gasteiger partial charge in [-0.15, -0.1) is 0 Å². The van der Waals surface area contributed by atoms with Crippen LogP contribution in [0.4, 0.5) is 4.79 Å². The van der Waals surface area contributed by atoms with Crippen molar-refractivity contribution in [2.45, 2.75) is 37.1 Å². The molecule has 2 aliphatic carbocycles. The molecule has 1 aliphatic heterocycles. The maximum atomic E-state index is 12.9. The summed E-state index contributed by atoms with van der Waals surface area (Å²) in [6.07, 6.45) is 1.16. The van der Waals surface area contributed by atoms with E-state index in [0.29, 0.717) is 39.0 Å². The molecule has 184 valence electrons. The standard InChI is InChI=1S/C27H30N2O6/c30-24(28-15-17-13-22(17)25(31)32)14-27(9-11-34-12-10-27)29-26(33)35-16-23-20-7-3-1-5-18(20)19-6-2-4-8-21(19)23/h1-8,17,22-23H,9-16H2,(H,28,30)(H,29,33)(H,31,32)/t17-,22-/m0/s1. The van der Waals surface area contributed by atoms with Crippen molar-refractivity contribution < 1.29 is 29.0 Å². The van der Waals surface area contributed by atoms with Gasteiger partial charge in [0.15, 0.2) is 0 Å². The molecule has 2 atom stereocenters. The van der Waals surface area contributed by atoms with Crippen LogP contribution in [-0.2, 0) is 19.1 Å². The zero-order valence-electron chi connectivity index (χ0n) is 19.5. The van der Waals surface area contributed by atoms with E-state index < -0.39 is 17.6 Å². The van der Waals surface area contributed by atoms with Crippen molar-refractivity contribution in [1.82, 2.24) is 10.6 Å². The van der Waals surface area contributed by atoms with Gasteiger partial charge in [0.05, 0.1) is 11.5 Å². The number of nitrogens with one attached hydrogen (secondary N) is 2. The van der Waals surface area contributed by atoms with Gasteiger partial charge in [-0.1, -0.05) is 48.5 Å². The Morgan fingerprint density at radius 3 is 2.23 bits per heavy atom. The van der Waals surface area contributed by atoms with Crippen LogP contribution >= 0.6 is 0 Å². The van der Waals surface area contributed by atoms with Crippen molar-refractivity contribution in [3.8, 4) is 11.1 Å². The van der Waals surface area contributed by atoms with Crippen LogP contribution < -0.4 is 10.6 Å². The molecule has 35 heavy (non-hydrogen) atoms. The largest absolute Gasteiger partial charge is 0.481 e. The van der Waals surface area contributed by atoms with Crippen LogP contribution in [0.2, 0.25) is 0 Å². The third-order valence-electron chi connectivity index (χ3n) is 7.46. The van der Waals surface area contributed by atoms with E-state index in [0.717, 1.165) is 22.3 Å². The van der Waals surface area contributed by atoms with E-state index in [1.165, 1.54) is 0 Å². The summed E-state index contributed by atoms with van der Waals surface area (Å²) in [6, 6.07) is 16.3. The van der Waals surface area contributed by atoms with Crippen LogP contribution in [0.15, 0.2) is 48.5 Å². The minimum Gasteiger partial charge on any atom is -0.481 e. The zero-order valence-corrected chi connectivity index (χ0v) is 19.5. The highest BCUT2D eigenvalue weighted by molar-refractivity contribution is 5.80. The minimum absolute atomic E-state index is 0.0165. The van der Waals surface area contributed by atoms with Crippen molar-refractivity contribution >= 4 is 18.0 Å². The molecule has 0 unspecified atom stereocenters. The van der Waals surface area contributed by atoms with Crippen molar-refractivity contribution in [3.05, 3.63) is 59.7 Å². The maximum absolute atomic E-state index is 12.9. The van der Waals surface area contributed by atoms with Crippen LogP contribution in [0.3, 0.4) is 0 Å². The first-order valence-electron chi connectivity index (χ1n) is 12.2. The number of carboxylic acids is 1. The number of rotatable bonds is 8. The van der Waals surface area contributed by atoms with E-state index in [1.807, 2.05) is 24.3 Å². The molecule has 1 saturated heterocycles. The number of amides is 2. The number of hydrogen-bond donors (Lipinski definition) is 3. The van der Waals surface area contributed by atoms with Gasteiger partial charge in [0.2, 0.25) is 5.91 Å². The van der Waals surface area contributed by atoms with Crippen molar-refractivity contribution in [1.29, 1.82) is 0 Å². The van der Waals surface area contributed by atoms with E-state index in [2.05, 4.69) is 34.9 Å². The van der Waals surface area contributed by atoms with Crippen molar-refractivity contribution in [3.63, 3.8) is 0 Å². The highest BCUT2D eigenvalue weighted by Gasteiger charge is 2.43. The van der Waals surface area contributed by atoms with Crippen LogP contribution in [0.25, 0.3) is 11.1 Å². The number of hydrogen-bond acceptors (Lipinski definition) is 5. The Hall–Kier alpha value is -3.39. The number of carboxylic acid groups (broad SMARTS) is 1. The SMILES string of the molecule is O=C(CC1(NC(=O)OCC2c3ccccc3-c3ccccc32)CCOCC1)NC[C@@H]1C[C@@H]1C(=O)O. The minimum atomic E-state index is -0.818. The van der Waals surface area contributed by atoms with Gasteiger partial charge in [-0.25, -0.2) is 4.79 Å². The summed E-state index contributed by atoms with van der Waals surface area (Å²) in [4.78, 5) is 36.6. The Morgan fingerprint density at radius 1 is 1.00 bits per heavy atom. The van der Waals surface area contributed by atoms with Gasteiger partial charge in [-0.2, -0.15) is 0 Å². The Bertz CT molecular complexity index is 1080. The molecule has 0 spiro atoms. The van der Waals surface area contributed by atoms with Crippen molar-refractivity contribution in [2.24, 2.45) is 11.8 Å². The fourth-order valence-electron chi connectivity index (χ4n) is 5.35. The predicted molar refractivity (Wildman–Crippen MR) is 128 cm³/mol. The predicted octanol–water partition coefficient (Wildman–Crippen LogP) is 3.30. The molecule has 0 aromatic heterocycles. The van der Waals surface area contributed by atoms with E-state index in [-0.39, 0.29) is 36.7 Å². The first-order chi connectivity index (χ1) is 17.0. The van der Waals surface area contributed by atoms with Crippen LogP contribution in [-0.4, -0.2) is 55.0 Å². The molecular formula is C27H30N2O6. The average Bonchev–Trinajstić information content (AvgIpc) is 3.58. The molecule has 2 aromatic carbocycles. The summed E-state index contributed by atoms with van der Waals surface area (Å²) in [7, 11) is 0. The van der Waals surface area contributed by atoms with Crippen molar-refractivity contribution in [2.75, 3.05) is 26.4 Å². The number of benzene rings is 2. The lowest BCUT2D eigenvalue weighted by Crippen LogP contribution is -2.54. The lowest BCUT2D eigenvalue weighted by Gasteiger charge is -2.37. The Balaban J connectivity index is 1.19. The smallest absolute Gasteiger partial charge is 0.407 e. The number of ether oxygens (including phenoxy) is 2. The van der Waals surface area contributed by atoms with Gasteiger partial charge in [0.1, 0.15) is 6.61 Å². The van der Waals surface area contributed by atoms with E-state index in [9.17, 15) is 14.4 Å². The number of alkyl carbamates (subject to hydrolysis) is 1. The van der Waals surface area contributed by atoms with Gasteiger partial charge in [-0.3, -0.25) is 9.59 Å². The Morgan fingerprint density at radius 2 is 1.63 bits per heavy atom. The van der Waals surface area contributed by atoms with Gasteiger partial charge in [0, 0.05) is 32.1 Å². The first-order valence-corrected chi connectivity index (χ1v) is 12.2. The summed E-state index contributed by atoms with van der Waals surface area (Å²) in [5, 5.41) is 14.8. The molecule has 8 heteroatoms. The molecule has 1 saturated carbocycles. The van der Waals surface area contributed by atoms with Crippen LogP contribution in [0.5, 0.6) is 0 Å². The molecule has 8 nitrogen and oxygen atoms in total. The number of fused-ring (bicyclic) bond motifs is 3. The lowest BCUT2D eigenvalue weighted by molar-refractivity contribution is -0.139. The fourth-order valence-corrected chi connectivity index (χ4v) is 5.35. The van der Waals surface area contributed by atoms with E-state index >= 15 is 0 Å². The number of carbonyl (C=O) groups is 3. The second-order valence-corrected chi connectivity index (χ2v) is 9.76. The molecule has 3 N–H and O–H groups in total. The summed E-state index contributed by atoms with van der Waals surface area (Å²) in [5.74, 6) is -1.45. The highest BCUT2D eigenvalue weighted by Crippen LogP contribution is 2.44. The molecule has 0 bridgehead atoms. The summed E-state index contributed by atoms with van der Waals surface area (Å²) in [5.41, 5.74) is 3.86.